The van der Waals surface area contributed by atoms with E-state index in [9.17, 15) is 9.90 Å². The Hall–Kier alpha value is -3.52. The van der Waals surface area contributed by atoms with Crippen LogP contribution >= 0.6 is 23.2 Å². The third kappa shape index (κ3) is 3.58. The summed E-state index contributed by atoms with van der Waals surface area (Å²) >= 11 is 12.3. The van der Waals surface area contributed by atoms with Crippen LogP contribution in [0.4, 0.5) is 0 Å². The van der Waals surface area contributed by atoms with Crippen molar-refractivity contribution in [1.29, 1.82) is 0 Å². The largest absolute Gasteiger partial charge is 0.373 e. The molecule has 5 rings (SSSR count). The molecule has 0 aliphatic rings. The number of rotatable bonds is 4. The Labute approximate surface area is 204 Å². The first-order valence-electron chi connectivity index (χ1n) is 10.4. The van der Waals surface area contributed by atoms with Gasteiger partial charge in [0.1, 0.15) is 6.33 Å². The van der Waals surface area contributed by atoms with Crippen molar-refractivity contribution >= 4 is 34.1 Å². The molecule has 1 atom stereocenters. The predicted molar refractivity (Wildman–Crippen MR) is 132 cm³/mol. The van der Waals surface area contributed by atoms with Gasteiger partial charge in [0.15, 0.2) is 11.4 Å². The lowest BCUT2D eigenvalue weighted by Crippen LogP contribution is -2.32. The maximum Gasteiger partial charge on any atom is 0.348 e. The predicted octanol–water partition coefficient (Wildman–Crippen LogP) is 4.32. The van der Waals surface area contributed by atoms with E-state index in [1.807, 2.05) is 12.1 Å². The van der Waals surface area contributed by atoms with Gasteiger partial charge in [-0.1, -0.05) is 53.5 Å². The topological polar surface area (TPSA) is 85.8 Å². The number of hydrogen-bond donors (Lipinski definition) is 1. The molecule has 0 saturated carbocycles. The Bertz CT molecular complexity index is 1590. The van der Waals surface area contributed by atoms with E-state index in [4.69, 9.17) is 23.2 Å². The molecule has 34 heavy (non-hydrogen) atoms. The smallest absolute Gasteiger partial charge is 0.348 e. The van der Waals surface area contributed by atoms with Crippen molar-refractivity contribution in [3.05, 3.63) is 111 Å². The van der Waals surface area contributed by atoms with E-state index in [1.165, 1.54) is 10.9 Å². The summed E-state index contributed by atoms with van der Waals surface area (Å²) in [5.74, 6) is 0.330. The Morgan fingerprint density at radius 3 is 2.32 bits per heavy atom. The molecule has 2 heterocycles. The molecule has 1 N–H and O–H groups in total. The first kappa shape index (κ1) is 22.3. The highest BCUT2D eigenvalue weighted by molar-refractivity contribution is 6.31. The van der Waals surface area contributed by atoms with Gasteiger partial charge in [-0.3, -0.25) is 4.57 Å². The molecule has 1 unspecified atom stereocenters. The molecule has 0 aliphatic carbocycles. The highest BCUT2D eigenvalue weighted by Gasteiger charge is 2.38. The fourth-order valence-electron chi connectivity index (χ4n) is 4.16. The van der Waals surface area contributed by atoms with E-state index < -0.39 is 11.3 Å². The zero-order valence-corrected chi connectivity index (χ0v) is 19.8. The van der Waals surface area contributed by atoms with Crippen LogP contribution in [0.25, 0.3) is 22.2 Å². The monoisotopic (exact) mass is 491 g/mol. The second kappa shape index (κ2) is 8.36. The maximum atomic E-state index is 12.6. The summed E-state index contributed by atoms with van der Waals surface area (Å²) in [6.07, 6.45) is 1.53. The number of nitrogens with zero attached hydrogens (tertiary/aromatic N) is 5. The van der Waals surface area contributed by atoms with Crippen LogP contribution in [0.5, 0.6) is 0 Å². The standard InChI is InChI=1S/C25H19Cl2N5O2/c1-31-14-28-30-23(31)25(34,16-6-9-18(26)10-7-16)17-8-11-21-20(13-17)22(29-24(33)32(21)2)15-4-3-5-19(27)12-15/h3-14,34H,1-2H3. The van der Waals surface area contributed by atoms with Crippen LogP contribution < -0.4 is 5.69 Å². The summed E-state index contributed by atoms with van der Waals surface area (Å²) in [4.78, 5) is 16.9. The first-order chi connectivity index (χ1) is 16.3. The molecule has 3 aromatic carbocycles. The summed E-state index contributed by atoms with van der Waals surface area (Å²) in [5, 5.41) is 22.1. The summed E-state index contributed by atoms with van der Waals surface area (Å²) < 4.78 is 3.13. The lowest BCUT2D eigenvalue weighted by atomic mass is 9.84. The van der Waals surface area contributed by atoms with Gasteiger partial charge < -0.3 is 9.67 Å². The van der Waals surface area contributed by atoms with Gasteiger partial charge in [0.05, 0.1) is 11.2 Å². The lowest BCUT2D eigenvalue weighted by molar-refractivity contribution is 0.112. The van der Waals surface area contributed by atoms with Gasteiger partial charge in [0.2, 0.25) is 0 Å². The molecule has 0 bridgehead atoms. The molecule has 0 spiro atoms. The van der Waals surface area contributed by atoms with Crippen LogP contribution in [0, 0.1) is 0 Å². The van der Waals surface area contributed by atoms with Crippen LogP contribution in [0.3, 0.4) is 0 Å². The van der Waals surface area contributed by atoms with E-state index in [1.54, 1.807) is 73.3 Å². The highest BCUT2D eigenvalue weighted by Crippen LogP contribution is 2.38. The Balaban J connectivity index is 1.84. The van der Waals surface area contributed by atoms with Crippen molar-refractivity contribution in [2.75, 3.05) is 0 Å². The maximum absolute atomic E-state index is 12.6. The molecule has 0 saturated heterocycles. The number of aryl methyl sites for hydroxylation is 2. The van der Waals surface area contributed by atoms with Crippen molar-refractivity contribution in [2.45, 2.75) is 5.60 Å². The quantitative estimate of drug-likeness (QED) is 0.404. The lowest BCUT2D eigenvalue weighted by Gasteiger charge is -2.29. The molecule has 9 heteroatoms. The van der Waals surface area contributed by atoms with Gasteiger partial charge in [-0.2, -0.15) is 4.98 Å². The summed E-state index contributed by atoms with van der Waals surface area (Å²) in [7, 11) is 3.42. The van der Waals surface area contributed by atoms with Crippen molar-refractivity contribution in [2.24, 2.45) is 14.1 Å². The minimum Gasteiger partial charge on any atom is -0.373 e. The van der Waals surface area contributed by atoms with Crippen molar-refractivity contribution in [1.82, 2.24) is 24.3 Å². The van der Waals surface area contributed by atoms with Crippen molar-refractivity contribution in [3.63, 3.8) is 0 Å². The average molecular weight is 492 g/mol. The van der Waals surface area contributed by atoms with Crippen LogP contribution in [0.1, 0.15) is 17.0 Å². The van der Waals surface area contributed by atoms with Crippen LogP contribution in [-0.4, -0.2) is 29.4 Å². The molecule has 7 nitrogen and oxygen atoms in total. The van der Waals surface area contributed by atoms with Crippen LogP contribution in [0.2, 0.25) is 10.0 Å². The van der Waals surface area contributed by atoms with Crippen LogP contribution in [0.15, 0.2) is 77.9 Å². The van der Waals surface area contributed by atoms with Crippen molar-refractivity contribution < 1.29 is 5.11 Å². The van der Waals surface area contributed by atoms with Gasteiger partial charge >= 0.3 is 5.69 Å². The SMILES string of the molecule is Cn1cnnc1C(O)(c1ccc(Cl)cc1)c1ccc2c(c1)c(-c1cccc(Cl)c1)nc(=O)n2C. The zero-order valence-electron chi connectivity index (χ0n) is 18.3. The van der Waals surface area contributed by atoms with Gasteiger partial charge in [-0.15, -0.1) is 10.2 Å². The molecule has 0 radical (unpaired) electrons. The number of benzene rings is 3. The van der Waals surface area contributed by atoms with E-state index in [2.05, 4.69) is 15.2 Å². The van der Waals surface area contributed by atoms with E-state index in [-0.39, 0.29) is 0 Å². The van der Waals surface area contributed by atoms with E-state index in [0.717, 1.165) is 0 Å². The Kier molecular flexibility index (Phi) is 5.48. The highest BCUT2D eigenvalue weighted by atomic mass is 35.5. The Morgan fingerprint density at radius 2 is 1.65 bits per heavy atom. The van der Waals surface area contributed by atoms with Gasteiger partial charge in [0, 0.05) is 35.1 Å². The third-order valence-electron chi connectivity index (χ3n) is 5.92. The van der Waals surface area contributed by atoms with E-state index in [0.29, 0.717) is 49.2 Å². The second-order valence-electron chi connectivity index (χ2n) is 8.03. The summed E-state index contributed by atoms with van der Waals surface area (Å²) in [6, 6.07) is 19.5. The molecule has 2 aromatic heterocycles. The van der Waals surface area contributed by atoms with E-state index >= 15 is 0 Å². The molecular formula is C25H19Cl2N5O2. The number of fused-ring (bicyclic) bond motifs is 1. The molecule has 170 valence electrons. The van der Waals surface area contributed by atoms with Crippen LogP contribution in [-0.2, 0) is 19.7 Å². The normalized spacial score (nSPS) is 13.2. The molecular weight excluding hydrogens is 473 g/mol. The fourth-order valence-corrected chi connectivity index (χ4v) is 4.48. The third-order valence-corrected chi connectivity index (χ3v) is 6.41. The first-order valence-corrected chi connectivity index (χ1v) is 11.1. The molecule has 0 amide bonds. The Morgan fingerprint density at radius 1 is 0.912 bits per heavy atom. The van der Waals surface area contributed by atoms with Crippen molar-refractivity contribution in [3.8, 4) is 11.3 Å². The van der Waals surface area contributed by atoms with Gasteiger partial charge in [0.25, 0.3) is 0 Å². The summed E-state index contributed by atoms with van der Waals surface area (Å²) in [6.45, 7) is 0. The number of halogens is 2. The number of aromatic nitrogens is 5. The molecule has 0 aliphatic heterocycles. The van der Waals surface area contributed by atoms with Gasteiger partial charge in [-0.05, 0) is 47.5 Å². The number of hydrogen-bond acceptors (Lipinski definition) is 5. The fraction of sp³-hybridized carbons (Fsp3) is 0.120. The molecule has 0 fully saturated rings. The minimum absolute atomic E-state index is 0.330. The second-order valence-corrected chi connectivity index (χ2v) is 8.90. The van der Waals surface area contributed by atoms with Gasteiger partial charge in [-0.25, -0.2) is 4.79 Å². The molecule has 5 aromatic rings. The average Bonchev–Trinajstić information content (AvgIpc) is 3.27. The zero-order chi connectivity index (χ0) is 24.0. The minimum atomic E-state index is -1.65. The summed E-state index contributed by atoms with van der Waals surface area (Å²) in [5.41, 5.74) is 0.882. The number of aliphatic hydroxyl groups is 1.